The number of carbonyl (C=O) groups is 1. The zero-order chi connectivity index (χ0) is 24.7. The molecule has 3 rings (SSSR count). The summed E-state index contributed by atoms with van der Waals surface area (Å²) in [6, 6.07) is 14.0. The number of aromatic nitrogens is 2. The van der Waals surface area contributed by atoms with E-state index in [4.69, 9.17) is 14.2 Å². The Morgan fingerprint density at radius 3 is 2.24 bits per heavy atom. The molecule has 3 aromatic rings. The van der Waals surface area contributed by atoms with Gasteiger partial charge in [-0.05, 0) is 26.3 Å². The van der Waals surface area contributed by atoms with Gasteiger partial charge in [-0.15, -0.1) is 0 Å². The van der Waals surface area contributed by atoms with Crippen LogP contribution in [-0.2, 0) is 11.2 Å². The summed E-state index contributed by atoms with van der Waals surface area (Å²) < 4.78 is 16.3. The first-order valence-corrected chi connectivity index (χ1v) is 11.0. The third-order valence-corrected chi connectivity index (χ3v) is 5.48. The van der Waals surface area contributed by atoms with Crippen molar-refractivity contribution < 1.29 is 19.0 Å². The minimum atomic E-state index is -0.707. The highest BCUT2D eigenvalue weighted by Crippen LogP contribution is 2.30. The Bertz CT molecular complexity index is 1080. The van der Waals surface area contributed by atoms with Crippen molar-refractivity contribution >= 4 is 17.5 Å². The molecule has 0 saturated heterocycles. The molecule has 180 valence electrons. The van der Waals surface area contributed by atoms with Crippen LogP contribution in [0.2, 0.25) is 0 Å². The second-order valence-electron chi connectivity index (χ2n) is 8.84. The van der Waals surface area contributed by atoms with Crippen LogP contribution in [0.1, 0.15) is 26.3 Å². The monoisotopic (exact) mass is 464 g/mol. The van der Waals surface area contributed by atoms with Crippen LogP contribution in [0.15, 0.2) is 61.1 Å². The van der Waals surface area contributed by atoms with Crippen LogP contribution in [-0.4, -0.2) is 48.8 Å². The Morgan fingerprint density at radius 2 is 1.65 bits per heavy atom. The van der Waals surface area contributed by atoms with Gasteiger partial charge in [0.15, 0.2) is 5.82 Å². The molecular weight excluding hydrogens is 432 g/mol. The largest absolute Gasteiger partial charge is 0.496 e. The van der Waals surface area contributed by atoms with E-state index in [-0.39, 0.29) is 5.54 Å². The number of nitrogens with zero attached hydrogens (tertiary/aromatic N) is 3. The lowest BCUT2D eigenvalue weighted by molar-refractivity contribution is -0.135. The molecule has 1 heterocycles. The Kier molecular flexibility index (Phi) is 7.94. The summed E-state index contributed by atoms with van der Waals surface area (Å²) in [4.78, 5) is 24.1. The van der Waals surface area contributed by atoms with Crippen LogP contribution in [0.3, 0.4) is 0 Å². The zero-order valence-electron chi connectivity index (χ0n) is 20.5. The Balaban J connectivity index is 1.92. The predicted molar refractivity (Wildman–Crippen MR) is 133 cm³/mol. The lowest BCUT2D eigenvalue weighted by Crippen LogP contribution is -2.40. The lowest BCUT2D eigenvalue weighted by atomic mass is 10.0. The van der Waals surface area contributed by atoms with Gasteiger partial charge < -0.3 is 24.4 Å². The normalized spacial score (nSPS) is 11.9. The molecule has 0 saturated carbocycles. The topological polar surface area (TPSA) is 85.8 Å². The quantitative estimate of drug-likeness (QED) is 0.369. The van der Waals surface area contributed by atoms with Gasteiger partial charge in [0.05, 0.1) is 26.1 Å². The van der Waals surface area contributed by atoms with Gasteiger partial charge >= 0.3 is 5.97 Å². The predicted octanol–water partition coefficient (Wildman–Crippen LogP) is 4.36. The highest BCUT2D eigenvalue weighted by molar-refractivity contribution is 5.83. The highest BCUT2D eigenvalue weighted by Gasteiger charge is 2.26. The molecule has 0 aliphatic heterocycles. The molecule has 0 aliphatic carbocycles. The van der Waals surface area contributed by atoms with Crippen molar-refractivity contribution in [3.05, 3.63) is 66.6 Å². The molecule has 0 amide bonds. The molecule has 0 fully saturated rings. The fraction of sp³-hybridized carbons (Fsp3) is 0.346. The number of hydrogen-bond donors (Lipinski definition) is 1. The molecule has 0 aliphatic rings. The molecule has 2 aromatic carbocycles. The van der Waals surface area contributed by atoms with Crippen molar-refractivity contribution in [1.29, 1.82) is 0 Å². The molecule has 0 radical (unpaired) electrons. The molecule has 1 atom stereocenters. The third-order valence-electron chi connectivity index (χ3n) is 5.48. The maximum atomic E-state index is 13.4. The molecular formula is C26H32N4O4. The van der Waals surface area contributed by atoms with Gasteiger partial charge in [-0.3, -0.25) is 0 Å². The fourth-order valence-electron chi connectivity index (χ4n) is 3.28. The van der Waals surface area contributed by atoms with Crippen molar-refractivity contribution in [1.82, 2.24) is 9.97 Å². The Morgan fingerprint density at radius 1 is 1.03 bits per heavy atom. The number of nitrogens with one attached hydrogen (secondary N) is 1. The number of methoxy groups -OCH3 is 2. The second-order valence-corrected chi connectivity index (χ2v) is 8.84. The summed E-state index contributed by atoms with van der Waals surface area (Å²) in [5, 5.41) is 3.30. The molecule has 8 heteroatoms. The number of carbonyl (C=O) groups excluding carboxylic acids is 1. The van der Waals surface area contributed by atoms with Gasteiger partial charge in [-0.25, -0.2) is 14.8 Å². The van der Waals surface area contributed by atoms with E-state index in [1.54, 1.807) is 38.6 Å². The van der Waals surface area contributed by atoms with E-state index in [1.165, 1.54) is 6.33 Å². The van der Waals surface area contributed by atoms with Gasteiger partial charge in [0.1, 0.15) is 29.6 Å². The Labute approximate surface area is 200 Å². The fourth-order valence-corrected chi connectivity index (χ4v) is 3.28. The lowest BCUT2D eigenvalue weighted by Gasteiger charge is -2.35. The molecule has 34 heavy (non-hydrogen) atoms. The van der Waals surface area contributed by atoms with Gasteiger partial charge in [0.2, 0.25) is 0 Å². The SMILES string of the molecule is COc1cc(OC)cc(OC(=O)[C@H](Cc2ccccc2)Nc2ncncc2N(C)C(C)(C)C)c1. The van der Waals surface area contributed by atoms with Gasteiger partial charge in [-0.1, -0.05) is 30.3 Å². The summed E-state index contributed by atoms with van der Waals surface area (Å²) in [6.07, 6.45) is 3.60. The summed E-state index contributed by atoms with van der Waals surface area (Å²) in [5.41, 5.74) is 1.59. The molecule has 0 bridgehead atoms. The summed E-state index contributed by atoms with van der Waals surface area (Å²) in [5.74, 6) is 1.48. The smallest absolute Gasteiger partial charge is 0.334 e. The molecule has 0 spiro atoms. The summed E-state index contributed by atoms with van der Waals surface area (Å²) in [6.45, 7) is 6.28. The van der Waals surface area contributed by atoms with Crippen LogP contribution in [0, 0.1) is 0 Å². The Hall–Kier alpha value is -3.81. The minimum Gasteiger partial charge on any atom is -0.496 e. The first kappa shape index (κ1) is 24.8. The summed E-state index contributed by atoms with van der Waals surface area (Å²) >= 11 is 0. The zero-order valence-corrected chi connectivity index (χ0v) is 20.5. The number of rotatable bonds is 9. The van der Waals surface area contributed by atoms with E-state index in [0.717, 1.165) is 11.3 Å². The van der Waals surface area contributed by atoms with Crippen LogP contribution >= 0.6 is 0 Å². The van der Waals surface area contributed by atoms with Gasteiger partial charge in [0, 0.05) is 37.2 Å². The van der Waals surface area contributed by atoms with E-state index in [0.29, 0.717) is 29.5 Å². The maximum Gasteiger partial charge on any atom is 0.334 e. The average molecular weight is 465 g/mol. The van der Waals surface area contributed by atoms with E-state index in [2.05, 4.69) is 41.0 Å². The molecule has 8 nitrogen and oxygen atoms in total. The van der Waals surface area contributed by atoms with Crippen LogP contribution < -0.4 is 24.4 Å². The number of hydrogen-bond acceptors (Lipinski definition) is 8. The van der Waals surface area contributed by atoms with E-state index < -0.39 is 12.0 Å². The van der Waals surface area contributed by atoms with E-state index >= 15 is 0 Å². The van der Waals surface area contributed by atoms with Crippen molar-refractivity contribution in [3.8, 4) is 17.2 Å². The van der Waals surface area contributed by atoms with Crippen molar-refractivity contribution in [2.75, 3.05) is 31.5 Å². The van der Waals surface area contributed by atoms with Gasteiger partial charge in [-0.2, -0.15) is 0 Å². The first-order valence-electron chi connectivity index (χ1n) is 11.0. The minimum absolute atomic E-state index is 0.173. The number of ether oxygens (including phenoxy) is 3. The molecule has 1 N–H and O–H groups in total. The van der Waals surface area contributed by atoms with Crippen LogP contribution in [0.5, 0.6) is 17.2 Å². The van der Waals surface area contributed by atoms with Crippen LogP contribution in [0.4, 0.5) is 11.5 Å². The van der Waals surface area contributed by atoms with Gasteiger partial charge in [0.25, 0.3) is 0 Å². The molecule has 0 unspecified atom stereocenters. The van der Waals surface area contributed by atoms with Crippen molar-refractivity contribution in [3.63, 3.8) is 0 Å². The number of anilines is 2. The number of esters is 1. The van der Waals surface area contributed by atoms with Crippen LogP contribution in [0.25, 0.3) is 0 Å². The molecule has 1 aromatic heterocycles. The second kappa shape index (κ2) is 10.9. The standard InChI is InChI=1S/C26H32N4O4/c1-26(2,3)30(4)23-16-27-17-28-24(23)29-22(12-18-10-8-7-9-11-18)25(31)34-21-14-19(32-5)13-20(15-21)33-6/h7-11,13-17,22H,12H2,1-6H3,(H,27,28,29)/t22-/m0/s1. The number of benzene rings is 2. The highest BCUT2D eigenvalue weighted by atomic mass is 16.5. The van der Waals surface area contributed by atoms with E-state index in [9.17, 15) is 4.79 Å². The van der Waals surface area contributed by atoms with E-state index in [1.807, 2.05) is 37.4 Å². The first-order chi connectivity index (χ1) is 16.2. The summed E-state index contributed by atoms with van der Waals surface area (Å²) in [7, 11) is 5.06. The van der Waals surface area contributed by atoms with Crippen molar-refractivity contribution in [2.45, 2.75) is 38.8 Å². The third kappa shape index (κ3) is 6.37. The maximum absolute atomic E-state index is 13.4. The van der Waals surface area contributed by atoms with Crippen molar-refractivity contribution in [2.24, 2.45) is 0 Å². The average Bonchev–Trinajstić information content (AvgIpc) is 2.83.